The molecule has 0 radical (unpaired) electrons. The van der Waals surface area contributed by atoms with Gasteiger partial charge >= 0.3 is 5.97 Å². The molecule has 0 bridgehead atoms. The normalized spacial score (nSPS) is 26.3. The van der Waals surface area contributed by atoms with Crippen molar-refractivity contribution in [3.05, 3.63) is 24.3 Å². The Balaban J connectivity index is 2.42. The molecule has 1 aliphatic heterocycles. The highest BCUT2D eigenvalue weighted by Crippen LogP contribution is 2.35. The second kappa shape index (κ2) is 3.34. The Hall–Kier alpha value is -1.49. The van der Waals surface area contributed by atoms with Crippen LogP contribution in [-0.2, 0) is 15.1 Å². The molecule has 1 aliphatic rings. The second-order valence-electron chi connectivity index (χ2n) is 3.21. The van der Waals surface area contributed by atoms with Crippen molar-refractivity contribution in [2.45, 2.75) is 18.4 Å². The summed E-state index contributed by atoms with van der Waals surface area (Å²) >= 11 is 0. The minimum atomic E-state index is -1.22. The molecule has 1 fully saturated rings. The first kappa shape index (κ1) is 9.08. The average Bonchev–Trinajstić information content (AvgIpc) is 2.69. The van der Waals surface area contributed by atoms with Crippen molar-refractivity contribution in [1.29, 1.82) is 0 Å². The SMILES string of the molecule is O=C(O)C1(c2cncnc2)CCCO1. The molecule has 74 valence electrons. The summed E-state index contributed by atoms with van der Waals surface area (Å²) < 4.78 is 5.31. The number of aromatic nitrogens is 2. The molecule has 0 saturated carbocycles. The first-order valence-electron chi connectivity index (χ1n) is 4.38. The van der Waals surface area contributed by atoms with Crippen LogP contribution in [0.1, 0.15) is 18.4 Å². The molecule has 14 heavy (non-hydrogen) atoms. The average molecular weight is 194 g/mol. The summed E-state index contributed by atoms with van der Waals surface area (Å²) in [6.07, 6.45) is 5.59. The number of rotatable bonds is 2. The number of carboxylic acid groups (broad SMARTS) is 1. The van der Waals surface area contributed by atoms with Crippen molar-refractivity contribution in [2.75, 3.05) is 6.61 Å². The summed E-state index contributed by atoms with van der Waals surface area (Å²) in [4.78, 5) is 18.7. The number of hydrogen-bond donors (Lipinski definition) is 1. The fourth-order valence-corrected chi connectivity index (χ4v) is 1.67. The molecule has 1 N–H and O–H groups in total. The molecule has 0 aromatic carbocycles. The topological polar surface area (TPSA) is 72.3 Å². The monoisotopic (exact) mass is 194 g/mol. The molecule has 1 atom stereocenters. The van der Waals surface area contributed by atoms with Gasteiger partial charge in [0.15, 0.2) is 5.60 Å². The molecule has 1 saturated heterocycles. The summed E-state index contributed by atoms with van der Waals surface area (Å²) in [7, 11) is 0. The van der Waals surface area contributed by atoms with Crippen LogP contribution in [0.4, 0.5) is 0 Å². The zero-order chi connectivity index (χ0) is 10.0. The molecular weight excluding hydrogens is 184 g/mol. The van der Waals surface area contributed by atoms with Gasteiger partial charge in [0.25, 0.3) is 0 Å². The maximum absolute atomic E-state index is 11.1. The highest BCUT2D eigenvalue weighted by atomic mass is 16.5. The van der Waals surface area contributed by atoms with Crippen LogP contribution in [0.3, 0.4) is 0 Å². The van der Waals surface area contributed by atoms with E-state index in [4.69, 9.17) is 9.84 Å². The molecule has 1 unspecified atom stereocenters. The Morgan fingerprint density at radius 1 is 1.50 bits per heavy atom. The third-order valence-electron chi connectivity index (χ3n) is 2.39. The summed E-state index contributed by atoms with van der Waals surface area (Å²) in [5.74, 6) is -0.968. The summed E-state index contributed by atoms with van der Waals surface area (Å²) in [6.45, 7) is 0.473. The van der Waals surface area contributed by atoms with Crippen molar-refractivity contribution in [3.63, 3.8) is 0 Å². The lowest BCUT2D eigenvalue weighted by Gasteiger charge is -2.22. The minimum Gasteiger partial charge on any atom is -0.479 e. The van der Waals surface area contributed by atoms with Gasteiger partial charge in [-0.2, -0.15) is 0 Å². The van der Waals surface area contributed by atoms with Crippen LogP contribution in [-0.4, -0.2) is 27.7 Å². The Morgan fingerprint density at radius 2 is 2.21 bits per heavy atom. The van der Waals surface area contributed by atoms with Crippen LogP contribution >= 0.6 is 0 Å². The third kappa shape index (κ3) is 1.26. The van der Waals surface area contributed by atoms with Crippen molar-refractivity contribution >= 4 is 5.97 Å². The first-order valence-corrected chi connectivity index (χ1v) is 4.38. The van der Waals surface area contributed by atoms with Gasteiger partial charge in [0.1, 0.15) is 6.33 Å². The van der Waals surface area contributed by atoms with Gasteiger partial charge in [0.2, 0.25) is 0 Å². The van der Waals surface area contributed by atoms with Gasteiger partial charge < -0.3 is 9.84 Å². The fraction of sp³-hybridized carbons (Fsp3) is 0.444. The molecule has 2 heterocycles. The summed E-state index contributed by atoms with van der Waals surface area (Å²) in [6, 6.07) is 0. The molecule has 2 rings (SSSR count). The van der Waals surface area contributed by atoms with E-state index in [0.29, 0.717) is 18.6 Å². The van der Waals surface area contributed by atoms with Crippen LogP contribution in [0, 0.1) is 0 Å². The van der Waals surface area contributed by atoms with E-state index in [1.807, 2.05) is 0 Å². The van der Waals surface area contributed by atoms with Crippen LogP contribution in [0.2, 0.25) is 0 Å². The van der Waals surface area contributed by atoms with E-state index in [9.17, 15) is 4.79 Å². The Labute approximate surface area is 80.8 Å². The molecule has 5 nitrogen and oxygen atoms in total. The molecular formula is C9H10N2O3. The lowest BCUT2D eigenvalue weighted by molar-refractivity contribution is -0.161. The van der Waals surface area contributed by atoms with Crippen LogP contribution in [0.5, 0.6) is 0 Å². The van der Waals surface area contributed by atoms with Crippen LogP contribution in [0.25, 0.3) is 0 Å². The van der Waals surface area contributed by atoms with E-state index in [2.05, 4.69) is 9.97 Å². The predicted octanol–water partition coefficient (Wildman–Crippen LogP) is 0.567. The summed E-state index contributed by atoms with van der Waals surface area (Å²) in [5.41, 5.74) is -0.702. The Kier molecular flexibility index (Phi) is 2.17. The van der Waals surface area contributed by atoms with Gasteiger partial charge in [0, 0.05) is 24.6 Å². The molecule has 5 heteroatoms. The number of nitrogens with zero attached hydrogens (tertiary/aromatic N) is 2. The molecule has 0 amide bonds. The number of carboxylic acids is 1. The van der Waals surface area contributed by atoms with E-state index < -0.39 is 11.6 Å². The maximum atomic E-state index is 11.1. The standard InChI is InChI=1S/C9H10N2O3/c12-8(13)9(2-1-3-14-9)7-4-10-6-11-5-7/h4-6H,1-3H2,(H,12,13). The largest absolute Gasteiger partial charge is 0.479 e. The number of aliphatic carboxylic acids is 1. The Bertz CT molecular complexity index is 333. The van der Waals surface area contributed by atoms with Crippen molar-refractivity contribution in [1.82, 2.24) is 9.97 Å². The lowest BCUT2D eigenvalue weighted by atomic mass is 9.93. The van der Waals surface area contributed by atoms with E-state index in [1.165, 1.54) is 18.7 Å². The third-order valence-corrected chi connectivity index (χ3v) is 2.39. The first-order chi connectivity index (χ1) is 6.76. The van der Waals surface area contributed by atoms with E-state index in [1.54, 1.807) is 0 Å². The number of ether oxygens (including phenoxy) is 1. The second-order valence-corrected chi connectivity index (χ2v) is 3.21. The van der Waals surface area contributed by atoms with E-state index >= 15 is 0 Å². The van der Waals surface area contributed by atoms with Crippen molar-refractivity contribution in [2.24, 2.45) is 0 Å². The highest BCUT2D eigenvalue weighted by molar-refractivity contribution is 5.79. The highest BCUT2D eigenvalue weighted by Gasteiger charge is 2.45. The molecule has 0 aliphatic carbocycles. The van der Waals surface area contributed by atoms with Gasteiger partial charge in [-0.15, -0.1) is 0 Å². The lowest BCUT2D eigenvalue weighted by Crippen LogP contribution is -2.35. The molecule has 1 aromatic heterocycles. The zero-order valence-electron chi connectivity index (χ0n) is 7.51. The predicted molar refractivity (Wildman–Crippen MR) is 46.5 cm³/mol. The van der Waals surface area contributed by atoms with Crippen LogP contribution in [0.15, 0.2) is 18.7 Å². The smallest absolute Gasteiger partial charge is 0.340 e. The van der Waals surface area contributed by atoms with E-state index in [-0.39, 0.29) is 0 Å². The van der Waals surface area contributed by atoms with Crippen LogP contribution < -0.4 is 0 Å². The van der Waals surface area contributed by atoms with Gasteiger partial charge in [-0.3, -0.25) is 0 Å². The van der Waals surface area contributed by atoms with Gasteiger partial charge in [-0.05, 0) is 12.8 Å². The van der Waals surface area contributed by atoms with Gasteiger partial charge in [0.05, 0.1) is 0 Å². The zero-order valence-corrected chi connectivity index (χ0v) is 7.51. The minimum absolute atomic E-state index is 0.473. The van der Waals surface area contributed by atoms with Crippen molar-refractivity contribution in [3.8, 4) is 0 Å². The molecule has 1 aromatic rings. The molecule has 0 spiro atoms. The quantitative estimate of drug-likeness (QED) is 0.745. The Morgan fingerprint density at radius 3 is 2.71 bits per heavy atom. The maximum Gasteiger partial charge on any atom is 0.340 e. The fourth-order valence-electron chi connectivity index (χ4n) is 1.67. The van der Waals surface area contributed by atoms with Gasteiger partial charge in [-0.1, -0.05) is 0 Å². The van der Waals surface area contributed by atoms with E-state index in [0.717, 1.165) is 6.42 Å². The number of carbonyl (C=O) groups is 1. The summed E-state index contributed by atoms with van der Waals surface area (Å²) in [5, 5.41) is 9.14. The van der Waals surface area contributed by atoms with Gasteiger partial charge in [-0.25, -0.2) is 14.8 Å². The number of hydrogen-bond acceptors (Lipinski definition) is 4. The van der Waals surface area contributed by atoms with Crippen molar-refractivity contribution < 1.29 is 14.6 Å².